The maximum absolute atomic E-state index is 13.2. The molecule has 0 aliphatic heterocycles. The lowest BCUT2D eigenvalue weighted by molar-refractivity contribution is -0.274. The third-order valence-corrected chi connectivity index (χ3v) is 3.18. The molecule has 0 bridgehead atoms. The Morgan fingerprint density at radius 1 is 0.960 bits per heavy atom. The van der Waals surface area contributed by atoms with Crippen molar-refractivity contribution in [3.8, 4) is 17.0 Å². The lowest BCUT2D eigenvalue weighted by Gasteiger charge is -2.10. The summed E-state index contributed by atoms with van der Waals surface area (Å²) in [5.41, 5.74) is 1.14. The third kappa shape index (κ3) is 4.20. The highest BCUT2D eigenvalue weighted by Crippen LogP contribution is 2.26. The largest absolute Gasteiger partial charge is 0.573 e. The van der Waals surface area contributed by atoms with Crippen molar-refractivity contribution in [3.05, 3.63) is 42.2 Å². The number of rotatable bonds is 4. The molecule has 3 rings (SSSR count). The van der Waals surface area contributed by atoms with E-state index in [1.165, 1.54) is 22.7 Å². The standard InChI is InChI=1S/C15H11F5N4O/c1-14(16,17)8-13-22-21-12-7-6-11(23-24(12)13)9-2-4-10(5-3-9)25-15(18,19)20/h2-7H,8H2,1H3. The summed E-state index contributed by atoms with van der Waals surface area (Å²) in [6.45, 7) is 0.761. The van der Waals surface area contributed by atoms with Crippen LogP contribution >= 0.6 is 0 Å². The fraction of sp³-hybridized carbons (Fsp3) is 0.267. The van der Waals surface area contributed by atoms with Crippen LogP contribution in [0.15, 0.2) is 36.4 Å². The summed E-state index contributed by atoms with van der Waals surface area (Å²) in [4.78, 5) is 0. The van der Waals surface area contributed by atoms with Crippen LogP contribution in [0.1, 0.15) is 12.7 Å². The molecule has 132 valence electrons. The molecular formula is C15H11F5N4O. The quantitative estimate of drug-likeness (QED) is 0.664. The normalized spacial score (nSPS) is 12.6. The fourth-order valence-electron chi connectivity index (χ4n) is 2.20. The van der Waals surface area contributed by atoms with Gasteiger partial charge in [0, 0.05) is 5.56 Å². The molecule has 10 heteroatoms. The summed E-state index contributed by atoms with van der Waals surface area (Å²) in [5.74, 6) is -3.36. The van der Waals surface area contributed by atoms with Gasteiger partial charge in [0.25, 0.3) is 5.92 Å². The zero-order valence-electron chi connectivity index (χ0n) is 12.8. The highest BCUT2D eigenvalue weighted by atomic mass is 19.4. The van der Waals surface area contributed by atoms with Gasteiger partial charge >= 0.3 is 6.36 Å². The highest BCUT2D eigenvalue weighted by Gasteiger charge is 2.31. The van der Waals surface area contributed by atoms with Crippen molar-refractivity contribution in [3.63, 3.8) is 0 Å². The van der Waals surface area contributed by atoms with E-state index in [0.717, 1.165) is 19.1 Å². The Kier molecular flexibility index (Phi) is 4.05. The number of nitrogens with zero attached hydrogens (tertiary/aromatic N) is 4. The van der Waals surface area contributed by atoms with Crippen molar-refractivity contribution in [2.75, 3.05) is 0 Å². The van der Waals surface area contributed by atoms with E-state index in [-0.39, 0.29) is 11.6 Å². The minimum atomic E-state index is -4.78. The Morgan fingerprint density at radius 2 is 1.64 bits per heavy atom. The van der Waals surface area contributed by atoms with E-state index in [4.69, 9.17) is 0 Å². The predicted molar refractivity (Wildman–Crippen MR) is 77.2 cm³/mol. The molecule has 1 aromatic carbocycles. The molecule has 25 heavy (non-hydrogen) atoms. The number of alkyl halides is 5. The van der Waals surface area contributed by atoms with E-state index < -0.39 is 18.7 Å². The van der Waals surface area contributed by atoms with Crippen molar-refractivity contribution < 1.29 is 26.7 Å². The molecule has 0 aliphatic carbocycles. The van der Waals surface area contributed by atoms with Crippen LogP contribution in [-0.2, 0) is 6.42 Å². The fourth-order valence-corrected chi connectivity index (χ4v) is 2.20. The van der Waals surface area contributed by atoms with Gasteiger partial charge in [-0.25, -0.2) is 8.78 Å². The van der Waals surface area contributed by atoms with Crippen LogP contribution in [0, 0.1) is 0 Å². The molecule has 2 heterocycles. The lowest BCUT2D eigenvalue weighted by atomic mass is 10.1. The van der Waals surface area contributed by atoms with Gasteiger partial charge in [-0.15, -0.1) is 23.4 Å². The second-order valence-electron chi connectivity index (χ2n) is 5.42. The number of aromatic nitrogens is 4. The van der Waals surface area contributed by atoms with Gasteiger partial charge < -0.3 is 4.74 Å². The minimum Gasteiger partial charge on any atom is -0.406 e. The Hall–Kier alpha value is -2.78. The van der Waals surface area contributed by atoms with Crippen molar-refractivity contribution >= 4 is 5.65 Å². The average Bonchev–Trinajstić information content (AvgIpc) is 2.87. The third-order valence-electron chi connectivity index (χ3n) is 3.18. The topological polar surface area (TPSA) is 52.3 Å². The van der Waals surface area contributed by atoms with E-state index in [9.17, 15) is 22.0 Å². The number of benzene rings is 1. The summed E-state index contributed by atoms with van der Waals surface area (Å²) in [6, 6.07) is 8.15. The molecule has 0 unspecified atom stereocenters. The molecule has 2 aromatic heterocycles. The average molecular weight is 358 g/mol. The van der Waals surface area contributed by atoms with Crippen LogP contribution in [-0.4, -0.2) is 32.1 Å². The van der Waals surface area contributed by atoms with Crippen LogP contribution in [0.5, 0.6) is 5.75 Å². The molecule has 5 nitrogen and oxygen atoms in total. The number of ether oxygens (including phenoxy) is 1. The van der Waals surface area contributed by atoms with E-state index >= 15 is 0 Å². The van der Waals surface area contributed by atoms with Gasteiger partial charge in [0.1, 0.15) is 5.75 Å². The maximum Gasteiger partial charge on any atom is 0.573 e. The summed E-state index contributed by atoms with van der Waals surface area (Å²) >= 11 is 0. The molecule has 0 saturated heterocycles. The molecule has 0 radical (unpaired) electrons. The van der Waals surface area contributed by atoms with Crippen LogP contribution < -0.4 is 4.74 Å². The maximum atomic E-state index is 13.2. The van der Waals surface area contributed by atoms with Gasteiger partial charge in [-0.2, -0.15) is 9.61 Å². The van der Waals surface area contributed by atoms with Crippen LogP contribution in [0.3, 0.4) is 0 Å². The number of hydrogen-bond acceptors (Lipinski definition) is 4. The summed E-state index contributed by atoms with van der Waals surface area (Å²) in [6.07, 6.45) is -5.41. The Labute approximate surface area is 138 Å². The predicted octanol–water partition coefficient (Wildman–Crippen LogP) is 3.89. The first kappa shape index (κ1) is 17.1. The first-order valence-electron chi connectivity index (χ1n) is 7.06. The first-order valence-corrected chi connectivity index (χ1v) is 7.06. The molecule has 3 aromatic rings. The Balaban J connectivity index is 1.92. The van der Waals surface area contributed by atoms with Gasteiger partial charge in [-0.1, -0.05) is 0 Å². The van der Waals surface area contributed by atoms with Gasteiger partial charge in [0.15, 0.2) is 11.5 Å². The van der Waals surface area contributed by atoms with E-state index in [1.807, 2.05) is 0 Å². The Bertz CT molecular complexity index is 884. The lowest BCUT2D eigenvalue weighted by Crippen LogP contribution is -2.17. The van der Waals surface area contributed by atoms with Crippen LogP contribution in [0.2, 0.25) is 0 Å². The van der Waals surface area contributed by atoms with Crippen molar-refractivity contribution in [1.82, 2.24) is 19.8 Å². The molecule has 0 spiro atoms. The molecule has 0 saturated carbocycles. The summed E-state index contributed by atoms with van der Waals surface area (Å²) in [7, 11) is 0. The van der Waals surface area contributed by atoms with Crippen LogP contribution in [0.25, 0.3) is 16.9 Å². The highest BCUT2D eigenvalue weighted by molar-refractivity contribution is 5.61. The van der Waals surface area contributed by atoms with Crippen LogP contribution in [0.4, 0.5) is 22.0 Å². The SMILES string of the molecule is CC(F)(F)Cc1nnc2ccc(-c3ccc(OC(F)(F)F)cc3)nn12. The Morgan fingerprint density at radius 3 is 2.24 bits per heavy atom. The molecule has 0 atom stereocenters. The first-order chi connectivity index (χ1) is 11.6. The van der Waals surface area contributed by atoms with E-state index in [0.29, 0.717) is 16.9 Å². The molecule has 0 aliphatic rings. The zero-order valence-corrected chi connectivity index (χ0v) is 12.8. The van der Waals surface area contributed by atoms with Gasteiger partial charge in [-0.05, 0) is 43.3 Å². The van der Waals surface area contributed by atoms with E-state index in [2.05, 4.69) is 20.0 Å². The second kappa shape index (κ2) is 5.94. The number of halogens is 5. The molecule has 0 amide bonds. The number of hydrogen-bond donors (Lipinski definition) is 0. The number of fused-ring (bicyclic) bond motifs is 1. The molecular weight excluding hydrogens is 347 g/mol. The zero-order chi connectivity index (χ0) is 18.2. The van der Waals surface area contributed by atoms with Crippen molar-refractivity contribution in [2.45, 2.75) is 25.6 Å². The summed E-state index contributed by atoms with van der Waals surface area (Å²) in [5, 5.41) is 11.6. The monoisotopic (exact) mass is 358 g/mol. The smallest absolute Gasteiger partial charge is 0.406 e. The van der Waals surface area contributed by atoms with Gasteiger partial charge in [-0.3, -0.25) is 0 Å². The minimum absolute atomic E-state index is 0.0126. The molecule has 0 N–H and O–H groups in total. The van der Waals surface area contributed by atoms with Gasteiger partial charge in [0.05, 0.1) is 12.1 Å². The van der Waals surface area contributed by atoms with E-state index in [1.54, 1.807) is 6.07 Å². The molecule has 0 fully saturated rings. The van der Waals surface area contributed by atoms with Gasteiger partial charge in [0.2, 0.25) is 0 Å². The summed E-state index contributed by atoms with van der Waals surface area (Å²) < 4.78 is 67.9. The van der Waals surface area contributed by atoms with Crippen molar-refractivity contribution in [2.24, 2.45) is 0 Å². The second-order valence-corrected chi connectivity index (χ2v) is 5.42. The van der Waals surface area contributed by atoms with Crippen molar-refractivity contribution in [1.29, 1.82) is 0 Å².